The largest absolute Gasteiger partial charge is 0.360 e. The standard InChI is InChI=1S/C23H20ClN3O2S/c1-14-20(21(26-29-14)15-5-3-2-4-6-15)23(28)27-11-9-16(10-12-27)22-25-18-13-17(24)7-8-19(18)30-22/h2-8,13,16H,9-12H2,1H3. The van der Waals surface area contributed by atoms with Gasteiger partial charge in [0.15, 0.2) is 0 Å². The number of carbonyl (C=O) groups excluding carboxylic acids is 1. The predicted molar refractivity (Wildman–Crippen MR) is 119 cm³/mol. The third-order valence-corrected chi connectivity index (χ3v) is 7.06. The van der Waals surface area contributed by atoms with Crippen molar-refractivity contribution in [2.24, 2.45) is 0 Å². The molecule has 0 spiro atoms. The van der Waals surface area contributed by atoms with E-state index in [1.165, 1.54) is 0 Å². The van der Waals surface area contributed by atoms with E-state index >= 15 is 0 Å². The smallest absolute Gasteiger partial charge is 0.259 e. The molecule has 5 nitrogen and oxygen atoms in total. The van der Waals surface area contributed by atoms with Crippen LogP contribution < -0.4 is 0 Å². The molecule has 1 aliphatic heterocycles. The van der Waals surface area contributed by atoms with Gasteiger partial charge in [0.25, 0.3) is 5.91 Å². The van der Waals surface area contributed by atoms with Crippen molar-refractivity contribution in [2.45, 2.75) is 25.7 Å². The van der Waals surface area contributed by atoms with E-state index in [1.54, 1.807) is 18.3 Å². The summed E-state index contributed by atoms with van der Waals surface area (Å²) in [4.78, 5) is 20.0. The van der Waals surface area contributed by atoms with E-state index in [-0.39, 0.29) is 5.91 Å². The number of hydrogen-bond acceptors (Lipinski definition) is 5. The second kappa shape index (κ2) is 7.85. The van der Waals surface area contributed by atoms with E-state index in [9.17, 15) is 4.79 Å². The molecule has 152 valence electrons. The number of benzene rings is 2. The van der Waals surface area contributed by atoms with E-state index in [4.69, 9.17) is 21.1 Å². The molecular formula is C23H20ClN3O2S. The van der Waals surface area contributed by atoms with Gasteiger partial charge in [-0.25, -0.2) is 4.98 Å². The average molecular weight is 438 g/mol. The third-order valence-electron chi connectivity index (χ3n) is 5.62. The molecule has 1 aliphatic rings. The fourth-order valence-electron chi connectivity index (χ4n) is 4.00. The lowest BCUT2D eigenvalue weighted by atomic mass is 9.96. The zero-order chi connectivity index (χ0) is 20.7. The molecule has 5 rings (SSSR count). The van der Waals surface area contributed by atoms with Crippen molar-refractivity contribution >= 4 is 39.1 Å². The van der Waals surface area contributed by atoms with E-state index in [0.29, 0.717) is 41.0 Å². The molecule has 0 radical (unpaired) electrons. The number of halogens is 1. The number of aryl methyl sites for hydroxylation is 1. The first-order valence-electron chi connectivity index (χ1n) is 9.97. The minimum atomic E-state index is -0.0119. The Morgan fingerprint density at radius 2 is 1.93 bits per heavy atom. The van der Waals surface area contributed by atoms with Gasteiger partial charge in [-0.3, -0.25) is 4.79 Å². The number of rotatable bonds is 3. The Morgan fingerprint density at radius 1 is 1.17 bits per heavy atom. The van der Waals surface area contributed by atoms with Crippen LogP contribution in [0.15, 0.2) is 53.1 Å². The van der Waals surface area contributed by atoms with Crippen LogP contribution >= 0.6 is 22.9 Å². The zero-order valence-electron chi connectivity index (χ0n) is 16.5. The van der Waals surface area contributed by atoms with Gasteiger partial charge in [-0.15, -0.1) is 11.3 Å². The van der Waals surface area contributed by atoms with Crippen molar-refractivity contribution in [3.63, 3.8) is 0 Å². The monoisotopic (exact) mass is 437 g/mol. The van der Waals surface area contributed by atoms with Crippen molar-refractivity contribution in [3.05, 3.63) is 69.9 Å². The molecule has 2 aromatic heterocycles. The molecule has 3 heterocycles. The Kier molecular flexibility index (Phi) is 5.05. The molecule has 1 saturated heterocycles. The molecule has 0 unspecified atom stereocenters. The van der Waals surface area contributed by atoms with E-state index < -0.39 is 0 Å². The summed E-state index contributed by atoms with van der Waals surface area (Å²) >= 11 is 7.82. The van der Waals surface area contributed by atoms with Crippen LogP contribution in [0.2, 0.25) is 5.02 Å². The molecule has 2 aromatic carbocycles. The summed E-state index contributed by atoms with van der Waals surface area (Å²) in [7, 11) is 0. The van der Waals surface area contributed by atoms with Gasteiger partial charge in [-0.2, -0.15) is 0 Å². The molecule has 0 bridgehead atoms. The predicted octanol–water partition coefficient (Wildman–Crippen LogP) is 5.93. The van der Waals surface area contributed by atoms with Crippen molar-refractivity contribution in [1.82, 2.24) is 15.0 Å². The van der Waals surface area contributed by atoms with Gasteiger partial charge in [0.2, 0.25) is 0 Å². The number of aromatic nitrogens is 2. The maximum absolute atomic E-state index is 13.3. The number of nitrogens with zero attached hydrogens (tertiary/aromatic N) is 3. The molecule has 1 amide bonds. The fraction of sp³-hybridized carbons (Fsp3) is 0.261. The summed E-state index contributed by atoms with van der Waals surface area (Å²) in [5, 5.41) is 5.99. The number of fused-ring (bicyclic) bond motifs is 1. The minimum absolute atomic E-state index is 0.0119. The molecular weight excluding hydrogens is 418 g/mol. The Labute approximate surface area is 183 Å². The lowest BCUT2D eigenvalue weighted by molar-refractivity contribution is 0.0712. The highest BCUT2D eigenvalue weighted by Crippen LogP contribution is 2.35. The number of piperidine rings is 1. The highest BCUT2D eigenvalue weighted by atomic mass is 35.5. The highest BCUT2D eigenvalue weighted by molar-refractivity contribution is 7.18. The first kappa shape index (κ1) is 19.3. The first-order valence-corrected chi connectivity index (χ1v) is 11.2. The molecule has 0 atom stereocenters. The van der Waals surface area contributed by atoms with Crippen LogP contribution in [0.1, 0.15) is 39.9 Å². The summed E-state index contributed by atoms with van der Waals surface area (Å²) in [5.74, 6) is 0.911. The Morgan fingerprint density at radius 3 is 2.70 bits per heavy atom. The van der Waals surface area contributed by atoms with Gasteiger partial charge >= 0.3 is 0 Å². The normalized spacial score (nSPS) is 15.1. The molecule has 0 N–H and O–H groups in total. The fourth-order valence-corrected chi connectivity index (χ4v) is 5.28. The number of hydrogen-bond donors (Lipinski definition) is 0. The maximum Gasteiger partial charge on any atom is 0.259 e. The maximum atomic E-state index is 13.3. The van der Waals surface area contributed by atoms with E-state index in [0.717, 1.165) is 33.6 Å². The van der Waals surface area contributed by atoms with Crippen LogP contribution in [0.5, 0.6) is 0 Å². The Bertz CT molecular complexity index is 1210. The molecule has 0 aliphatic carbocycles. The number of thiazole rings is 1. The van der Waals surface area contributed by atoms with Crippen LogP contribution in [-0.4, -0.2) is 34.0 Å². The van der Waals surface area contributed by atoms with E-state index in [2.05, 4.69) is 5.16 Å². The minimum Gasteiger partial charge on any atom is -0.360 e. The van der Waals surface area contributed by atoms with Crippen LogP contribution in [0.3, 0.4) is 0 Å². The lowest BCUT2D eigenvalue weighted by Gasteiger charge is -2.31. The van der Waals surface area contributed by atoms with Crippen molar-refractivity contribution in [1.29, 1.82) is 0 Å². The quantitative estimate of drug-likeness (QED) is 0.398. The van der Waals surface area contributed by atoms with Gasteiger partial charge in [-0.1, -0.05) is 47.1 Å². The Balaban J connectivity index is 1.33. The first-order chi connectivity index (χ1) is 14.6. The summed E-state index contributed by atoms with van der Waals surface area (Å²) < 4.78 is 6.53. The topological polar surface area (TPSA) is 59.2 Å². The molecule has 30 heavy (non-hydrogen) atoms. The number of carbonyl (C=O) groups is 1. The van der Waals surface area contributed by atoms with Crippen molar-refractivity contribution in [3.8, 4) is 11.3 Å². The third kappa shape index (κ3) is 3.50. The van der Waals surface area contributed by atoms with Crippen LogP contribution in [-0.2, 0) is 0 Å². The van der Waals surface area contributed by atoms with Crippen LogP contribution in [0.25, 0.3) is 21.5 Å². The van der Waals surface area contributed by atoms with Crippen LogP contribution in [0.4, 0.5) is 0 Å². The van der Waals surface area contributed by atoms with Gasteiger partial charge in [-0.05, 0) is 38.0 Å². The molecule has 0 saturated carbocycles. The average Bonchev–Trinajstić information content (AvgIpc) is 3.37. The Hall–Kier alpha value is -2.70. The SMILES string of the molecule is Cc1onc(-c2ccccc2)c1C(=O)N1CCC(c2nc3cc(Cl)ccc3s2)CC1. The molecule has 4 aromatic rings. The van der Waals surface area contributed by atoms with Crippen molar-refractivity contribution in [2.75, 3.05) is 13.1 Å². The summed E-state index contributed by atoms with van der Waals surface area (Å²) in [5.41, 5.74) is 3.02. The lowest BCUT2D eigenvalue weighted by Crippen LogP contribution is -2.38. The van der Waals surface area contributed by atoms with Gasteiger partial charge in [0, 0.05) is 29.6 Å². The van der Waals surface area contributed by atoms with Crippen molar-refractivity contribution < 1.29 is 9.32 Å². The number of likely N-dealkylation sites (tertiary alicyclic amines) is 1. The summed E-state index contributed by atoms with van der Waals surface area (Å²) in [6.07, 6.45) is 1.79. The van der Waals surface area contributed by atoms with Crippen LogP contribution in [0, 0.1) is 6.92 Å². The van der Waals surface area contributed by atoms with E-state index in [1.807, 2.05) is 53.4 Å². The second-order valence-corrected chi connectivity index (χ2v) is 9.06. The van der Waals surface area contributed by atoms with Gasteiger partial charge in [0.05, 0.1) is 15.2 Å². The molecule has 1 fully saturated rings. The molecule has 7 heteroatoms. The summed E-state index contributed by atoms with van der Waals surface area (Å²) in [6, 6.07) is 15.5. The van der Waals surface area contributed by atoms with Gasteiger partial charge < -0.3 is 9.42 Å². The second-order valence-electron chi connectivity index (χ2n) is 7.56. The highest BCUT2D eigenvalue weighted by Gasteiger charge is 2.30. The summed E-state index contributed by atoms with van der Waals surface area (Å²) in [6.45, 7) is 3.18. The number of amides is 1. The zero-order valence-corrected chi connectivity index (χ0v) is 18.0. The van der Waals surface area contributed by atoms with Gasteiger partial charge in [0.1, 0.15) is 17.0 Å².